The van der Waals surface area contributed by atoms with Crippen LogP contribution in [0, 0.1) is 17.2 Å². The van der Waals surface area contributed by atoms with Gasteiger partial charge in [-0.25, -0.2) is 9.79 Å². The Morgan fingerprint density at radius 2 is 1.74 bits per heavy atom. The first-order valence-corrected chi connectivity index (χ1v) is 14.8. The second kappa shape index (κ2) is 15.9. The summed E-state index contributed by atoms with van der Waals surface area (Å²) in [6, 6.07) is 1.73. The second-order valence-corrected chi connectivity index (χ2v) is 10.9. The first-order valence-electron chi connectivity index (χ1n) is 14.8. The third-order valence-corrected chi connectivity index (χ3v) is 7.99. The molecule has 3 rings (SSSR count). The maximum atomic E-state index is 13.9. The third-order valence-electron chi connectivity index (χ3n) is 7.99. The van der Waals surface area contributed by atoms with E-state index in [1.807, 2.05) is 4.90 Å². The fourth-order valence-electron chi connectivity index (χ4n) is 5.74. The molecule has 0 spiro atoms. The molecule has 0 aromatic heterocycles. The van der Waals surface area contributed by atoms with E-state index in [4.69, 9.17) is 14.5 Å². The molecule has 3 fully saturated rings. The number of nitrogens with one attached hydrogen (secondary N) is 2. The lowest BCUT2D eigenvalue weighted by Gasteiger charge is -2.38. The molecule has 0 radical (unpaired) electrons. The van der Waals surface area contributed by atoms with Crippen molar-refractivity contribution in [1.29, 1.82) is 5.26 Å². The number of likely N-dealkylation sites (tertiary alicyclic amines) is 1. The van der Waals surface area contributed by atoms with Crippen LogP contribution in [0.25, 0.3) is 0 Å². The second-order valence-electron chi connectivity index (χ2n) is 10.9. The number of guanidine groups is 1. The number of ether oxygens (including phenoxy) is 2. The van der Waals surface area contributed by atoms with E-state index >= 15 is 0 Å². The summed E-state index contributed by atoms with van der Waals surface area (Å²) >= 11 is 0. The van der Waals surface area contributed by atoms with E-state index in [2.05, 4.69) is 28.5 Å². The molecule has 3 aliphatic rings. The lowest BCUT2D eigenvalue weighted by molar-refractivity contribution is -0.124. The molecule has 38 heavy (non-hydrogen) atoms. The summed E-state index contributed by atoms with van der Waals surface area (Å²) in [5, 5.41) is 16.0. The summed E-state index contributed by atoms with van der Waals surface area (Å²) in [6.45, 7) is 8.93. The number of hydrogen-bond acceptors (Lipinski definition) is 7. The topological polar surface area (TPSA) is 119 Å². The predicted molar refractivity (Wildman–Crippen MR) is 147 cm³/mol. The first-order chi connectivity index (χ1) is 18.5. The van der Waals surface area contributed by atoms with Crippen molar-refractivity contribution in [3.05, 3.63) is 0 Å². The number of piperidine rings is 1. The lowest BCUT2D eigenvalue weighted by Crippen LogP contribution is -2.57. The molecule has 2 saturated heterocycles. The summed E-state index contributed by atoms with van der Waals surface area (Å²) in [5.41, 5.74) is -0.885. The molecule has 1 atom stereocenters. The molecule has 1 aliphatic carbocycles. The van der Waals surface area contributed by atoms with Crippen LogP contribution in [0.4, 0.5) is 4.79 Å². The highest BCUT2D eigenvalue weighted by molar-refractivity contribution is 5.96. The summed E-state index contributed by atoms with van der Waals surface area (Å²) in [4.78, 5) is 35.5. The van der Waals surface area contributed by atoms with Gasteiger partial charge < -0.3 is 24.6 Å². The molecule has 2 aliphatic heterocycles. The molecule has 10 heteroatoms. The molecule has 0 aromatic carbocycles. The molecule has 2 heterocycles. The maximum absolute atomic E-state index is 13.9. The number of aliphatic imine (C=N–C) groups is 1. The molecular formula is C28H48N6O4. The van der Waals surface area contributed by atoms with Gasteiger partial charge in [0.05, 0.1) is 25.9 Å². The molecule has 0 aromatic rings. The van der Waals surface area contributed by atoms with Gasteiger partial charge in [-0.15, -0.1) is 0 Å². The molecule has 10 nitrogen and oxygen atoms in total. The van der Waals surface area contributed by atoms with Gasteiger partial charge in [0.15, 0.2) is 0 Å². The van der Waals surface area contributed by atoms with Crippen molar-refractivity contribution >= 4 is 18.0 Å². The van der Waals surface area contributed by atoms with Gasteiger partial charge in [-0.2, -0.15) is 5.26 Å². The summed E-state index contributed by atoms with van der Waals surface area (Å²) in [7, 11) is 0. The van der Waals surface area contributed by atoms with Crippen molar-refractivity contribution in [3.8, 4) is 6.07 Å². The number of alkyl carbamates (subject to hydrolysis) is 1. The zero-order valence-corrected chi connectivity index (χ0v) is 23.5. The highest BCUT2D eigenvalue weighted by Crippen LogP contribution is 2.28. The van der Waals surface area contributed by atoms with Gasteiger partial charge in [0.2, 0.25) is 11.9 Å². The molecule has 2 amide bonds. The summed E-state index contributed by atoms with van der Waals surface area (Å²) in [6.07, 6.45) is 10.5. The highest BCUT2D eigenvalue weighted by atomic mass is 16.5. The van der Waals surface area contributed by atoms with Gasteiger partial charge in [-0.3, -0.25) is 10.1 Å². The number of rotatable bonds is 8. The van der Waals surface area contributed by atoms with E-state index in [0.717, 1.165) is 51.7 Å². The van der Waals surface area contributed by atoms with E-state index in [-0.39, 0.29) is 12.5 Å². The minimum atomic E-state index is -0.885. The average molecular weight is 533 g/mol. The van der Waals surface area contributed by atoms with Crippen molar-refractivity contribution in [3.63, 3.8) is 0 Å². The Labute approximate surface area is 228 Å². The summed E-state index contributed by atoms with van der Waals surface area (Å²) < 4.78 is 10.6. The number of amides is 2. The Morgan fingerprint density at radius 3 is 2.34 bits per heavy atom. The van der Waals surface area contributed by atoms with Gasteiger partial charge in [0.25, 0.3) is 0 Å². The van der Waals surface area contributed by atoms with Crippen LogP contribution in [0.1, 0.15) is 84.5 Å². The van der Waals surface area contributed by atoms with Gasteiger partial charge in [0, 0.05) is 26.2 Å². The fraction of sp³-hybridized carbons (Fsp3) is 0.857. The number of nitriles is 1. The quantitative estimate of drug-likeness (QED) is 0.363. The smallest absolute Gasteiger partial charge is 0.413 e. The van der Waals surface area contributed by atoms with Gasteiger partial charge in [-0.05, 0) is 45.1 Å². The molecule has 0 bridgehead atoms. The van der Waals surface area contributed by atoms with Crippen LogP contribution in [0.15, 0.2) is 4.99 Å². The normalized spacial score (nSPS) is 22.4. The predicted octanol–water partition coefficient (Wildman–Crippen LogP) is 3.42. The zero-order valence-electron chi connectivity index (χ0n) is 23.5. The Bertz CT molecular complexity index is 807. The van der Waals surface area contributed by atoms with E-state index in [1.165, 1.54) is 19.3 Å². The van der Waals surface area contributed by atoms with Crippen LogP contribution in [0.3, 0.4) is 0 Å². The highest BCUT2D eigenvalue weighted by Gasteiger charge is 2.38. The Kier molecular flexibility index (Phi) is 12.6. The largest absolute Gasteiger partial charge is 0.450 e. The van der Waals surface area contributed by atoms with Crippen molar-refractivity contribution < 1.29 is 19.1 Å². The van der Waals surface area contributed by atoms with E-state index < -0.39 is 17.7 Å². The van der Waals surface area contributed by atoms with Crippen LogP contribution in [-0.2, 0) is 14.3 Å². The maximum Gasteiger partial charge on any atom is 0.413 e. The molecule has 1 saturated carbocycles. The zero-order chi connectivity index (χ0) is 27.2. The van der Waals surface area contributed by atoms with Crippen molar-refractivity contribution in [2.75, 3.05) is 52.5 Å². The number of carbonyl (C=O) groups excluding carboxylic acids is 2. The van der Waals surface area contributed by atoms with E-state index in [0.29, 0.717) is 57.4 Å². The van der Waals surface area contributed by atoms with Crippen LogP contribution in [0.5, 0.6) is 0 Å². The standard InChI is InChI=1S/C28H48N6O4/c1-3-14-33-15-12-28(22-29,13-16-33)32-25(35)24(21-23-10-8-6-5-7-9-11-23)30-26(31-27(36)38-4-2)34-17-19-37-20-18-34/h23-24H,3-21H2,1-2H3,(H,32,35)(H,30,31,36)/t24-/m1/s1. The number of nitrogens with zero attached hydrogens (tertiary/aromatic N) is 4. The van der Waals surface area contributed by atoms with Gasteiger partial charge in [0.1, 0.15) is 11.6 Å². The Morgan fingerprint density at radius 1 is 1.08 bits per heavy atom. The molecular weight excluding hydrogens is 484 g/mol. The Balaban J connectivity index is 1.83. The van der Waals surface area contributed by atoms with Crippen LogP contribution in [-0.4, -0.2) is 91.9 Å². The number of carbonyl (C=O) groups is 2. The average Bonchev–Trinajstić information content (AvgIpc) is 2.91. The van der Waals surface area contributed by atoms with Crippen molar-refractivity contribution in [2.24, 2.45) is 10.9 Å². The van der Waals surface area contributed by atoms with Crippen molar-refractivity contribution in [2.45, 2.75) is 96.1 Å². The van der Waals surface area contributed by atoms with Crippen LogP contribution >= 0.6 is 0 Å². The molecule has 0 unspecified atom stereocenters. The van der Waals surface area contributed by atoms with Crippen LogP contribution < -0.4 is 10.6 Å². The third kappa shape index (κ3) is 9.42. The first kappa shape index (κ1) is 30.2. The minimum Gasteiger partial charge on any atom is -0.450 e. The minimum absolute atomic E-state index is 0.228. The van der Waals surface area contributed by atoms with E-state index in [1.54, 1.807) is 6.92 Å². The molecule has 214 valence electrons. The Hall–Kier alpha value is -2.38. The molecule has 2 N–H and O–H groups in total. The van der Waals surface area contributed by atoms with Crippen LogP contribution in [0.2, 0.25) is 0 Å². The monoisotopic (exact) mass is 532 g/mol. The summed E-state index contributed by atoms with van der Waals surface area (Å²) in [5.74, 6) is 0.503. The fourth-order valence-corrected chi connectivity index (χ4v) is 5.74. The van der Waals surface area contributed by atoms with Gasteiger partial charge >= 0.3 is 6.09 Å². The number of hydrogen-bond donors (Lipinski definition) is 2. The van der Waals surface area contributed by atoms with E-state index in [9.17, 15) is 14.9 Å². The lowest BCUT2D eigenvalue weighted by atomic mass is 9.85. The SMILES string of the molecule is CCCN1CCC(C#N)(NC(=O)[C@@H](CC2CCCCCCC2)N=C(NC(=O)OCC)N2CCOCC2)CC1. The van der Waals surface area contributed by atoms with Gasteiger partial charge in [-0.1, -0.05) is 51.9 Å². The number of morpholine rings is 1. The van der Waals surface area contributed by atoms with Crippen molar-refractivity contribution in [1.82, 2.24) is 20.4 Å².